The Kier molecular flexibility index (Phi) is 3.70. The van der Waals surface area contributed by atoms with Crippen molar-refractivity contribution in [2.75, 3.05) is 4.72 Å². The molecule has 0 spiro atoms. The van der Waals surface area contributed by atoms with Gasteiger partial charge in [0, 0.05) is 17.4 Å². The topological polar surface area (TPSA) is 90.0 Å². The number of imidazole rings is 1. The number of fused-ring (bicyclic) bond motifs is 1. The van der Waals surface area contributed by atoms with Gasteiger partial charge in [-0.2, -0.15) is 4.98 Å². The number of sulfonamides is 1. The lowest BCUT2D eigenvalue weighted by molar-refractivity contribution is 0.590. The van der Waals surface area contributed by atoms with E-state index in [1.165, 1.54) is 12.4 Å². The van der Waals surface area contributed by atoms with Crippen molar-refractivity contribution >= 4 is 38.7 Å². The van der Waals surface area contributed by atoms with Gasteiger partial charge in [0.15, 0.2) is 5.58 Å². The molecule has 4 rings (SSSR count). The molecule has 0 saturated carbocycles. The molecule has 2 aromatic carbocycles. The second kappa shape index (κ2) is 5.91. The van der Waals surface area contributed by atoms with E-state index in [4.69, 9.17) is 16.0 Å². The van der Waals surface area contributed by atoms with Gasteiger partial charge in [-0.15, -0.1) is 0 Å². The molecule has 2 aromatic heterocycles. The predicted molar refractivity (Wildman–Crippen MR) is 93.4 cm³/mol. The average Bonchev–Trinajstić information content (AvgIpc) is 3.23. The Morgan fingerprint density at radius 1 is 1.16 bits per heavy atom. The Balaban J connectivity index is 1.75. The molecule has 0 amide bonds. The first-order valence-electron chi connectivity index (χ1n) is 7.19. The molecule has 126 valence electrons. The first-order valence-corrected chi connectivity index (χ1v) is 9.05. The third kappa shape index (κ3) is 2.97. The van der Waals surface area contributed by atoms with Gasteiger partial charge in [0.1, 0.15) is 10.4 Å². The lowest BCUT2D eigenvalue weighted by Crippen LogP contribution is -2.15. The Morgan fingerprint density at radius 2 is 2.00 bits per heavy atom. The quantitative estimate of drug-likeness (QED) is 0.590. The fraction of sp³-hybridized carbons (Fsp3) is 0. The Labute approximate surface area is 147 Å². The van der Waals surface area contributed by atoms with Crippen molar-refractivity contribution in [1.29, 1.82) is 0 Å². The molecule has 25 heavy (non-hydrogen) atoms. The molecular formula is C16H11ClN4O3S. The summed E-state index contributed by atoms with van der Waals surface area (Å²) in [5.74, 6) is 0. The summed E-state index contributed by atoms with van der Waals surface area (Å²) in [5.41, 5.74) is 1.37. The molecule has 0 aliphatic carbocycles. The van der Waals surface area contributed by atoms with Crippen molar-refractivity contribution in [2.45, 2.75) is 4.90 Å². The molecule has 0 saturated heterocycles. The van der Waals surface area contributed by atoms with Crippen LogP contribution in [0.25, 0.3) is 16.8 Å². The molecule has 0 fully saturated rings. The summed E-state index contributed by atoms with van der Waals surface area (Å²) in [6, 6.07) is 11.3. The third-order valence-corrected chi connectivity index (χ3v) is 5.11. The number of oxazole rings is 1. The number of para-hydroxylation sites is 1. The highest BCUT2D eigenvalue weighted by molar-refractivity contribution is 7.92. The largest absolute Gasteiger partial charge is 0.423 e. The van der Waals surface area contributed by atoms with Gasteiger partial charge in [-0.05, 0) is 30.3 Å². The molecule has 2 heterocycles. The number of hydrogen-bond acceptors (Lipinski definition) is 5. The van der Waals surface area contributed by atoms with E-state index in [1.807, 2.05) is 0 Å². The van der Waals surface area contributed by atoms with Crippen molar-refractivity contribution in [3.8, 4) is 5.69 Å². The van der Waals surface area contributed by atoms with E-state index in [-0.39, 0.29) is 10.9 Å². The van der Waals surface area contributed by atoms with Gasteiger partial charge in [-0.3, -0.25) is 0 Å². The highest BCUT2D eigenvalue weighted by Gasteiger charge is 2.21. The summed E-state index contributed by atoms with van der Waals surface area (Å²) in [6.07, 6.45) is 4.76. The van der Waals surface area contributed by atoms with Gasteiger partial charge in [0.2, 0.25) is 0 Å². The summed E-state index contributed by atoms with van der Waals surface area (Å²) >= 11 is 5.91. The molecule has 0 aliphatic heterocycles. The van der Waals surface area contributed by atoms with Gasteiger partial charge >= 0.3 is 6.01 Å². The number of nitrogens with zero attached hydrogens (tertiary/aromatic N) is 3. The Bertz CT molecular complexity index is 1150. The SMILES string of the molecule is O=S(=O)(Nc1nc2cc(Cl)ccc2o1)c1ccccc1-n1ccnc1. The third-order valence-electron chi connectivity index (χ3n) is 3.51. The molecule has 0 radical (unpaired) electrons. The fourth-order valence-corrected chi connectivity index (χ4v) is 3.71. The Hall–Kier alpha value is -2.84. The zero-order valence-corrected chi connectivity index (χ0v) is 14.2. The predicted octanol–water partition coefficient (Wildman–Crippen LogP) is 3.47. The van der Waals surface area contributed by atoms with Crippen LogP contribution in [0.1, 0.15) is 0 Å². The average molecular weight is 375 g/mol. The van der Waals surface area contributed by atoms with Crippen molar-refractivity contribution in [3.05, 3.63) is 66.2 Å². The maximum atomic E-state index is 12.8. The van der Waals surface area contributed by atoms with Crippen LogP contribution in [0, 0.1) is 0 Å². The summed E-state index contributed by atoms with van der Waals surface area (Å²) in [7, 11) is -3.92. The summed E-state index contributed by atoms with van der Waals surface area (Å²) in [4.78, 5) is 8.14. The molecule has 1 N–H and O–H groups in total. The van der Waals surface area contributed by atoms with Crippen LogP contribution in [0.3, 0.4) is 0 Å². The van der Waals surface area contributed by atoms with E-state index < -0.39 is 10.0 Å². The monoisotopic (exact) mass is 374 g/mol. The first-order chi connectivity index (χ1) is 12.0. The number of halogens is 1. The highest BCUT2D eigenvalue weighted by Crippen LogP contribution is 2.26. The molecule has 0 atom stereocenters. The van der Waals surface area contributed by atoms with Gasteiger partial charge in [-0.1, -0.05) is 23.7 Å². The van der Waals surface area contributed by atoms with Crippen LogP contribution in [-0.4, -0.2) is 23.0 Å². The lowest BCUT2D eigenvalue weighted by atomic mass is 10.3. The number of hydrogen-bond donors (Lipinski definition) is 1. The van der Waals surface area contributed by atoms with E-state index in [2.05, 4.69) is 14.7 Å². The second-order valence-electron chi connectivity index (χ2n) is 5.17. The van der Waals surface area contributed by atoms with E-state index >= 15 is 0 Å². The zero-order chi connectivity index (χ0) is 17.4. The maximum absolute atomic E-state index is 12.8. The number of aromatic nitrogens is 3. The van der Waals surface area contributed by atoms with Crippen molar-refractivity contribution in [1.82, 2.24) is 14.5 Å². The molecular weight excluding hydrogens is 364 g/mol. The minimum atomic E-state index is -3.92. The standard InChI is InChI=1S/C16H11ClN4O3S/c17-11-5-6-14-12(9-11)19-16(24-14)20-25(22,23)15-4-2-1-3-13(15)21-8-7-18-10-21/h1-10H,(H,19,20). The Morgan fingerprint density at radius 3 is 2.80 bits per heavy atom. The van der Waals surface area contributed by atoms with Crippen LogP contribution >= 0.6 is 11.6 Å². The van der Waals surface area contributed by atoms with Crippen LogP contribution in [0.2, 0.25) is 5.02 Å². The fourth-order valence-electron chi connectivity index (χ4n) is 2.41. The number of benzene rings is 2. The zero-order valence-electron chi connectivity index (χ0n) is 12.6. The minimum Gasteiger partial charge on any atom is -0.423 e. The number of rotatable bonds is 4. The van der Waals surface area contributed by atoms with Crippen LogP contribution in [0.15, 0.2) is 70.5 Å². The summed E-state index contributed by atoms with van der Waals surface area (Å²) in [5, 5.41) is 0.487. The van der Waals surface area contributed by atoms with Crippen molar-refractivity contribution in [2.24, 2.45) is 0 Å². The smallest absolute Gasteiger partial charge is 0.309 e. The van der Waals surface area contributed by atoms with E-state index in [9.17, 15) is 8.42 Å². The number of nitrogens with one attached hydrogen (secondary N) is 1. The van der Waals surface area contributed by atoms with Gasteiger partial charge < -0.3 is 8.98 Å². The molecule has 7 nitrogen and oxygen atoms in total. The van der Waals surface area contributed by atoms with Crippen LogP contribution in [0.5, 0.6) is 0 Å². The molecule has 9 heteroatoms. The molecule has 0 bridgehead atoms. The molecule has 4 aromatic rings. The van der Waals surface area contributed by atoms with Gasteiger partial charge in [0.25, 0.3) is 10.0 Å². The first kappa shape index (κ1) is 15.7. The molecule has 0 aliphatic rings. The van der Waals surface area contributed by atoms with Crippen molar-refractivity contribution in [3.63, 3.8) is 0 Å². The van der Waals surface area contributed by atoms with Crippen LogP contribution in [-0.2, 0) is 10.0 Å². The second-order valence-corrected chi connectivity index (χ2v) is 7.26. The van der Waals surface area contributed by atoms with Crippen LogP contribution in [0.4, 0.5) is 6.01 Å². The summed E-state index contributed by atoms with van der Waals surface area (Å²) < 4.78 is 35.0. The van der Waals surface area contributed by atoms with Gasteiger partial charge in [-0.25, -0.2) is 18.1 Å². The lowest BCUT2D eigenvalue weighted by Gasteiger charge is -2.10. The van der Waals surface area contributed by atoms with E-state index in [1.54, 1.807) is 53.4 Å². The molecule has 0 unspecified atom stereocenters. The van der Waals surface area contributed by atoms with E-state index in [0.29, 0.717) is 21.8 Å². The van der Waals surface area contributed by atoms with Gasteiger partial charge in [0.05, 0.1) is 12.0 Å². The minimum absolute atomic E-state index is 0.0771. The van der Waals surface area contributed by atoms with Crippen molar-refractivity contribution < 1.29 is 12.8 Å². The maximum Gasteiger partial charge on any atom is 0.309 e. The normalized spacial score (nSPS) is 11.7. The summed E-state index contributed by atoms with van der Waals surface area (Å²) in [6.45, 7) is 0. The highest BCUT2D eigenvalue weighted by atomic mass is 35.5. The number of anilines is 1. The van der Waals surface area contributed by atoms with Crippen LogP contribution < -0.4 is 4.72 Å². The van der Waals surface area contributed by atoms with E-state index in [0.717, 1.165) is 0 Å².